The van der Waals surface area contributed by atoms with E-state index in [4.69, 9.17) is 0 Å². The van der Waals surface area contributed by atoms with E-state index in [-0.39, 0.29) is 20.1 Å². The Kier molecular flexibility index (Phi) is 5.16. The number of aryl methyl sites for hydroxylation is 5. The van der Waals surface area contributed by atoms with Gasteiger partial charge in [0.05, 0.1) is 0 Å². The summed E-state index contributed by atoms with van der Waals surface area (Å²) >= 11 is 0. The predicted molar refractivity (Wildman–Crippen MR) is 122 cm³/mol. The summed E-state index contributed by atoms with van der Waals surface area (Å²) in [5.74, 6) is 0. The van der Waals surface area contributed by atoms with Gasteiger partial charge in [-0.15, -0.1) is 5.56 Å². The van der Waals surface area contributed by atoms with Crippen molar-refractivity contribution in [2.75, 3.05) is 11.9 Å². The summed E-state index contributed by atoms with van der Waals surface area (Å²) in [6.45, 7) is 13.2. The topological polar surface area (TPSA) is 6.48 Å². The zero-order chi connectivity index (χ0) is 20.4. The zero-order valence-corrected chi connectivity index (χ0v) is 20.7. The molecule has 2 heterocycles. The summed E-state index contributed by atoms with van der Waals surface area (Å²) in [5, 5.41) is 0. The van der Waals surface area contributed by atoms with Crippen LogP contribution in [0.15, 0.2) is 42.5 Å². The van der Waals surface area contributed by atoms with Crippen LogP contribution in [0.2, 0.25) is 0 Å². The Labute approximate surface area is 193 Å². The largest absolute Gasteiger partial charge is 0.503 e. The molecule has 1 radical (unpaired) electrons. The van der Waals surface area contributed by atoms with E-state index >= 15 is 0 Å². The molecule has 0 spiro atoms. The average molecular weight is 571 g/mol. The van der Waals surface area contributed by atoms with Gasteiger partial charge in [-0.05, 0) is 62.6 Å². The molecule has 0 aliphatic carbocycles. The van der Waals surface area contributed by atoms with Crippen LogP contribution in [-0.4, -0.2) is 11.9 Å². The van der Waals surface area contributed by atoms with Crippen LogP contribution >= 0.6 is 0 Å². The third kappa shape index (κ3) is 2.95. The number of benzene rings is 3. The first-order valence-corrected chi connectivity index (χ1v) is 10.2. The Hall–Kier alpha value is -2.35. The summed E-state index contributed by atoms with van der Waals surface area (Å²) in [6, 6.07) is 19.2. The summed E-state index contributed by atoms with van der Waals surface area (Å²) in [6.07, 6.45) is 0. The van der Waals surface area contributed by atoms with E-state index in [1.165, 1.54) is 61.5 Å². The fourth-order valence-electron chi connectivity index (χ4n) is 4.72. The van der Waals surface area contributed by atoms with E-state index in [1.807, 2.05) is 0 Å². The van der Waals surface area contributed by atoms with Crippen LogP contribution in [0.5, 0.6) is 0 Å². The molecule has 2 aliphatic heterocycles. The molecule has 30 heavy (non-hydrogen) atoms. The van der Waals surface area contributed by atoms with E-state index in [2.05, 4.69) is 107 Å². The smallest absolute Gasteiger partial charge is 0.0402 e. The standard InChI is InChI=1S/C27H26N2.Ir/c1-16-10-11-24-22(12-16)21-13-19(4)20(5)14-23(21)26-27(28(6)15-29(24)26)25-17(2)8-7-9-18(25)3;/h7-10,12-15H,1-6H3;/q-2;. The molecule has 3 heteroatoms. The van der Waals surface area contributed by atoms with Crippen LogP contribution in [-0.2, 0) is 20.1 Å². The third-order valence-electron chi connectivity index (χ3n) is 6.31. The van der Waals surface area contributed by atoms with Gasteiger partial charge in [0, 0.05) is 37.1 Å². The second-order valence-electron chi connectivity index (χ2n) is 8.48. The van der Waals surface area contributed by atoms with Crippen LogP contribution in [0.1, 0.15) is 38.9 Å². The number of anilines is 1. The van der Waals surface area contributed by atoms with Gasteiger partial charge in [-0.2, -0.15) is 30.4 Å². The maximum Gasteiger partial charge on any atom is 0.0402 e. The van der Waals surface area contributed by atoms with Crippen molar-refractivity contribution < 1.29 is 20.1 Å². The quantitative estimate of drug-likeness (QED) is 0.312. The minimum absolute atomic E-state index is 0. The molecule has 0 saturated carbocycles. The van der Waals surface area contributed by atoms with Gasteiger partial charge in [-0.3, -0.25) is 0 Å². The molecule has 2 nitrogen and oxygen atoms in total. The van der Waals surface area contributed by atoms with Gasteiger partial charge >= 0.3 is 0 Å². The molecule has 0 bridgehead atoms. The summed E-state index contributed by atoms with van der Waals surface area (Å²) in [7, 11) is 2.15. The number of rotatable bonds is 1. The van der Waals surface area contributed by atoms with Crippen LogP contribution < -0.4 is 4.90 Å². The molecule has 0 fully saturated rings. The van der Waals surface area contributed by atoms with Crippen molar-refractivity contribution in [3.63, 3.8) is 0 Å². The first-order valence-electron chi connectivity index (χ1n) is 10.2. The Morgan fingerprint density at radius 3 is 2.07 bits per heavy atom. The number of hydrogen-bond donors (Lipinski definition) is 0. The molecule has 0 saturated heterocycles. The molecule has 3 aromatic rings. The SMILES string of the molecule is Cc1c[c-]c2c(c1)-c1cc(C)c(C)cc1C1=C(c3c(C)cccc3C)N(C)[CH-]N12.[Ir]. The van der Waals surface area contributed by atoms with Crippen molar-refractivity contribution in [1.29, 1.82) is 0 Å². The molecular weight excluding hydrogens is 545 g/mol. The van der Waals surface area contributed by atoms with Crippen molar-refractivity contribution in [1.82, 2.24) is 4.90 Å². The Balaban J connectivity index is 0.00000218. The van der Waals surface area contributed by atoms with Gasteiger partial charge in [0.2, 0.25) is 0 Å². The van der Waals surface area contributed by atoms with E-state index < -0.39 is 0 Å². The Morgan fingerprint density at radius 1 is 0.767 bits per heavy atom. The molecule has 155 valence electrons. The van der Waals surface area contributed by atoms with Gasteiger partial charge in [-0.1, -0.05) is 48.5 Å². The van der Waals surface area contributed by atoms with Gasteiger partial charge in [0.15, 0.2) is 0 Å². The van der Waals surface area contributed by atoms with E-state index in [0.29, 0.717) is 0 Å². The molecule has 0 aromatic heterocycles. The normalized spacial score (nSPS) is 14.3. The number of nitrogens with zero attached hydrogens (tertiary/aromatic N) is 2. The second-order valence-corrected chi connectivity index (χ2v) is 8.48. The van der Waals surface area contributed by atoms with Crippen LogP contribution in [0.4, 0.5) is 5.69 Å². The fraction of sp³-hybridized carbons (Fsp3) is 0.222. The van der Waals surface area contributed by atoms with Crippen molar-refractivity contribution in [3.05, 3.63) is 94.1 Å². The summed E-state index contributed by atoms with van der Waals surface area (Å²) in [5.41, 5.74) is 15.4. The monoisotopic (exact) mass is 571 g/mol. The second kappa shape index (κ2) is 7.41. The van der Waals surface area contributed by atoms with Crippen molar-refractivity contribution in [3.8, 4) is 11.1 Å². The molecule has 0 atom stereocenters. The van der Waals surface area contributed by atoms with Crippen molar-refractivity contribution in [2.24, 2.45) is 0 Å². The van der Waals surface area contributed by atoms with E-state index in [1.54, 1.807) is 0 Å². The van der Waals surface area contributed by atoms with Gasteiger partial charge < -0.3 is 9.80 Å². The first-order chi connectivity index (χ1) is 13.9. The van der Waals surface area contributed by atoms with Crippen molar-refractivity contribution in [2.45, 2.75) is 34.6 Å². The van der Waals surface area contributed by atoms with Crippen LogP contribution in [0, 0.1) is 47.4 Å². The maximum absolute atomic E-state index is 3.56. The molecule has 5 rings (SSSR count). The molecule has 0 unspecified atom stereocenters. The molecule has 2 aliphatic rings. The molecule has 0 N–H and O–H groups in total. The maximum atomic E-state index is 3.56. The van der Waals surface area contributed by atoms with Gasteiger partial charge in [0.25, 0.3) is 0 Å². The van der Waals surface area contributed by atoms with E-state index in [0.717, 1.165) is 5.69 Å². The molecule has 0 amide bonds. The first kappa shape index (κ1) is 20.9. The summed E-state index contributed by atoms with van der Waals surface area (Å²) < 4.78 is 0. The Bertz CT molecular complexity index is 1190. The minimum Gasteiger partial charge on any atom is -0.503 e. The molecular formula is C27H26IrN2-2. The number of hydrogen-bond acceptors (Lipinski definition) is 2. The zero-order valence-electron chi connectivity index (χ0n) is 18.3. The minimum atomic E-state index is 0. The molecule has 3 aromatic carbocycles. The van der Waals surface area contributed by atoms with Crippen LogP contribution in [0.25, 0.3) is 22.5 Å². The van der Waals surface area contributed by atoms with Gasteiger partial charge in [0.1, 0.15) is 0 Å². The van der Waals surface area contributed by atoms with Crippen LogP contribution in [0.3, 0.4) is 0 Å². The van der Waals surface area contributed by atoms with E-state index in [9.17, 15) is 0 Å². The third-order valence-corrected chi connectivity index (χ3v) is 6.31. The average Bonchev–Trinajstić information content (AvgIpc) is 3.00. The Morgan fingerprint density at radius 2 is 1.40 bits per heavy atom. The predicted octanol–water partition coefficient (Wildman–Crippen LogP) is 6.40. The fourth-order valence-corrected chi connectivity index (χ4v) is 4.72. The summed E-state index contributed by atoms with van der Waals surface area (Å²) in [4.78, 5) is 4.60. The number of fused-ring (bicyclic) bond motifs is 6. The van der Waals surface area contributed by atoms with Crippen molar-refractivity contribution >= 4 is 17.1 Å². The van der Waals surface area contributed by atoms with Gasteiger partial charge in [-0.25, -0.2) is 0 Å².